The number of nitrogens with zero attached hydrogens (tertiary/aromatic N) is 1. The van der Waals surface area contributed by atoms with Gasteiger partial charge in [-0.3, -0.25) is 9.59 Å². The van der Waals surface area contributed by atoms with Crippen LogP contribution in [0.2, 0.25) is 0 Å². The van der Waals surface area contributed by atoms with Crippen LogP contribution in [0.1, 0.15) is 16.8 Å². The first-order valence-electron chi connectivity index (χ1n) is 6.57. The summed E-state index contributed by atoms with van der Waals surface area (Å²) in [4.78, 5) is 24.6. The zero-order valence-corrected chi connectivity index (χ0v) is 11.8. The summed E-state index contributed by atoms with van der Waals surface area (Å²) in [5, 5.41) is 8.95. The number of methoxy groups -OCH3 is 1. The maximum absolute atomic E-state index is 12.5. The molecule has 0 aromatic heterocycles. The minimum Gasteiger partial charge on any atom is -0.497 e. The van der Waals surface area contributed by atoms with Crippen molar-refractivity contribution in [3.05, 3.63) is 23.8 Å². The van der Waals surface area contributed by atoms with Gasteiger partial charge in [0.25, 0.3) is 5.91 Å². The van der Waals surface area contributed by atoms with E-state index in [0.717, 1.165) is 0 Å². The van der Waals surface area contributed by atoms with Gasteiger partial charge in [-0.2, -0.15) is 8.78 Å². The van der Waals surface area contributed by atoms with Crippen molar-refractivity contribution in [2.24, 2.45) is 5.92 Å². The third kappa shape index (κ3) is 3.44. The molecular weight excluding hydrogens is 300 g/mol. The van der Waals surface area contributed by atoms with E-state index in [0.29, 0.717) is 6.42 Å². The molecule has 2 rings (SSSR count). The van der Waals surface area contributed by atoms with Gasteiger partial charge in [-0.05, 0) is 18.6 Å². The minimum atomic E-state index is -3.08. The fourth-order valence-corrected chi connectivity index (χ4v) is 2.32. The largest absolute Gasteiger partial charge is 0.497 e. The summed E-state index contributed by atoms with van der Waals surface area (Å²) in [5.74, 6) is -2.17. The second kappa shape index (κ2) is 6.59. The van der Waals surface area contributed by atoms with Crippen LogP contribution < -0.4 is 9.47 Å². The molecule has 0 bridgehead atoms. The highest BCUT2D eigenvalue weighted by molar-refractivity contribution is 5.97. The van der Waals surface area contributed by atoms with Gasteiger partial charge in [-0.25, -0.2) is 0 Å². The van der Waals surface area contributed by atoms with E-state index in [4.69, 9.17) is 9.84 Å². The lowest BCUT2D eigenvalue weighted by Crippen LogP contribution is -2.30. The van der Waals surface area contributed by atoms with E-state index in [1.54, 1.807) is 0 Å². The predicted octanol–water partition coefficient (Wildman–Crippen LogP) is 1.84. The summed E-state index contributed by atoms with van der Waals surface area (Å²) in [6, 6.07) is 3.98. The number of ether oxygens (including phenoxy) is 2. The van der Waals surface area contributed by atoms with Crippen molar-refractivity contribution >= 4 is 11.9 Å². The van der Waals surface area contributed by atoms with E-state index in [1.165, 1.54) is 30.2 Å². The lowest BCUT2D eigenvalue weighted by atomic mass is 10.1. The zero-order chi connectivity index (χ0) is 16.3. The number of aliphatic carboxylic acids is 1. The number of likely N-dealkylation sites (tertiary alicyclic amines) is 1. The summed E-state index contributed by atoms with van der Waals surface area (Å²) in [6.07, 6.45) is 0.336. The lowest BCUT2D eigenvalue weighted by molar-refractivity contribution is -0.141. The molecule has 1 heterocycles. The summed E-state index contributed by atoms with van der Waals surface area (Å²) >= 11 is 0. The molecule has 1 saturated heterocycles. The van der Waals surface area contributed by atoms with Gasteiger partial charge in [0, 0.05) is 19.2 Å². The SMILES string of the molecule is COc1ccc(C(=O)N2CCC(C(=O)O)C2)c(OC(F)F)c1. The molecule has 8 heteroatoms. The van der Waals surface area contributed by atoms with Gasteiger partial charge in [0.2, 0.25) is 0 Å². The number of benzene rings is 1. The van der Waals surface area contributed by atoms with E-state index in [9.17, 15) is 18.4 Å². The average molecular weight is 315 g/mol. The molecule has 120 valence electrons. The molecule has 1 amide bonds. The average Bonchev–Trinajstić information content (AvgIpc) is 2.96. The molecule has 0 saturated carbocycles. The number of halogens is 2. The Morgan fingerprint density at radius 3 is 2.68 bits per heavy atom. The second-order valence-corrected chi connectivity index (χ2v) is 4.82. The molecule has 22 heavy (non-hydrogen) atoms. The fraction of sp³-hybridized carbons (Fsp3) is 0.429. The van der Waals surface area contributed by atoms with Gasteiger partial charge in [0.1, 0.15) is 11.5 Å². The van der Waals surface area contributed by atoms with Crippen molar-refractivity contribution < 1.29 is 33.0 Å². The number of rotatable bonds is 5. The summed E-state index contributed by atoms with van der Waals surface area (Å²) in [6.45, 7) is -2.77. The van der Waals surface area contributed by atoms with Crippen molar-refractivity contribution in [3.63, 3.8) is 0 Å². The van der Waals surface area contributed by atoms with Gasteiger partial charge in [0.05, 0.1) is 18.6 Å². The summed E-state index contributed by atoms with van der Waals surface area (Å²) in [7, 11) is 1.36. The third-order valence-corrected chi connectivity index (χ3v) is 3.46. The van der Waals surface area contributed by atoms with Crippen LogP contribution in [0.4, 0.5) is 8.78 Å². The Hall–Kier alpha value is -2.38. The van der Waals surface area contributed by atoms with E-state index in [-0.39, 0.29) is 30.2 Å². The number of carbonyl (C=O) groups is 2. The number of hydrogen-bond donors (Lipinski definition) is 1. The Bertz CT molecular complexity index is 578. The van der Waals surface area contributed by atoms with Crippen molar-refractivity contribution in [3.8, 4) is 11.5 Å². The molecule has 0 aliphatic carbocycles. The van der Waals surface area contributed by atoms with Crippen LogP contribution in [0, 0.1) is 5.92 Å². The first-order valence-corrected chi connectivity index (χ1v) is 6.57. The van der Waals surface area contributed by atoms with Crippen LogP contribution in [-0.2, 0) is 4.79 Å². The highest BCUT2D eigenvalue weighted by atomic mass is 19.3. The van der Waals surface area contributed by atoms with Gasteiger partial charge >= 0.3 is 12.6 Å². The first-order chi connectivity index (χ1) is 10.4. The van der Waals surface area contributed by atoms with Crippen LogP contribution in [0.25, 0.3) is 0 Å². The van der Waals surface area contributed by atoms with E-state index in [1.807, 2.05) is 0 Å². The standard InChI is InChI=1S/C14H15F2NO5/c1-21-9-2-3-10(11(6-9)22-14(15)16)12(18)17-5-4-8(7-17)13(19)20/h2-3,6,8,14H,4-5,7H2,1H3,(H,19,20). The highest BCUT2D eigenvalue weighted by Crippen LogP contribution is 2.29. The van der Waals surface area contributed by atoms with Crippen LogP contribution in [0.3, 0.4) is 0 Å². The van der Waals surface area contributed by atoms with Gasteiger partial charge in [0.15, 0.2) is 0 Å². The fourth-order valence-electron chi connectivity index (χ4n) is 2.32. The molecule has 0 spiro atoms. The van der Waals surface area contributed by atoms with Crippen LogP contribution in [0.15, 0.2) is 18.2 Å². The second-order valence-electron chi connectivity index (χ2n) is 4.82. The molecule has 1 fully saturated rings. The molecule has 1 atom stereocenters. The predicted molar refractivity (Wildman–Crippen MR) is 71.3 cm³/mol. The van der Waals surface area contributed by atoms with Crippen LogP contribution in [-0.4, -0.2) is 48.7 Å². The molecular formula is C14H15F2NO5. The Labute approximate surface area is 125 Å². The molecule has 1 unspecified atom stereocenters. The van der Waals surface area contributed by atoms with Crippen molar-refractivity contribution in [2.75, 3.05) is 20.2 Å². The minimum absolute atomic E-state index is 0.0489. The quantitative estimate of drug-likeness (QED) is 0.897. The van der Waals surface area contributed by atoms with Gasteiger partial charge < -0.3 is 19.5 Å². The lowest BCUT2D eigenvalue weighted by Gasteiger charge is -2.18. The Balaban J connectivity index is 2.23. The maximum atomic E-state index is 12.5. The zero-order valence-electron chi connectivity index (χ0n) is 11.8. The number of amides is 1. The first kappa shape index (κ1) is 16.0. The van der Waals surface area contributed by atoms with Crippen molar-refractivity contribution in [1.82, 2.24) is 4.90 Å². The van der Waals surface area contributed by atoms with Crippen LogP contribution >= 0.6 is 0 Å². The molecule has 0 radical (unpaired) electrons. The third-order valence-electron chi connectivity index (χ3n) is 3.46. The van der Waals surface area contributed by atoms with E-state index < -0.39 is 24.4 Å². The normalized spacial score (nSPS) is 17.6. The number of alkyl halides is 2. The van der Waals surface area contributed by atoms with E-state index in [2.05, 4.69) is 4.74 Å². The number of carbonyl (C=O) groups excluding carboxylic acids is 1. The summed E-state index contributed by atoms with van der Waals surface area (Å²) < 4.78 is 34.2. The number of hydrogen-bond acceptors (Lipinski definition) is 4. The molecule has 1 aromatic carbocycles. The molecule has 6 nitrogen and oxygen atoms in total. The molecule has 1 aliphatic rings. The number of carboxylic acid groups (broad SMARTS) is 1. The Morgan fingerprint density at radius 2 is 2.14 bits per heavy atom. The Kier molecular flexibility index (Phi) is 4.79. The monoisotopic (exact) mass is 315 g/mol. The maximum Gasteiger partial charge on any atom is 0.387 e. The Morgan fingerprint density at radius 1 is 1.41 bits per heavy atom. The topological polar surface area (TPSA) is 76.1 Å². The highest BCUT2D eigenvalue weighted by Gasteiger charge is 2.32. The molecule has 1 aliphatic heterocycles. The van der Waals surface area contributed by atoms with Crippen molar-refractivity contribution in [2.45, 2.75) is 13.0 Å². The molecule has 1 aromatic rings. The smallest absolute Gasteiger partial charge is 0.387 e. The van der Waals surface area contributed by atoms with Crippen LogP contribution in [0.5, 0.6) is 11.5 Å². The van der Waals surface area contributed by atoms with Gasteiger partial charge in [-0.1, -0.05) is 0 Å². The molecule has 1 N–H and O–H groups in total. The summed E-state index contributed by atoms with van der Waals surface area (Å²) in [5.41, 5.74) is -0.0489. The number of carboxylic acids is 1. The van der Waals surface area contributed by atoms with E-state index >= 15 is 0 Å². The van der Waals surface area contributed by atoms with Gasteiger partial charge in [-0.15, -0.1) is 0 Å². The van der Waals surface area contributed by atoms with Crippen molar-refractivity contribution in [1.29, 1.82) is 0 Å².